The predicted molar refractivity (Wildman–Crippen MR) is 93.9 cm³/mol. The number of aromatic nitrogens is 1. The smallest absolute Gasteiger partial charge is 0.211 e. The standard InChI is InChI=1S/C20H13N3O/c21-12-16-17(22)19(20(24)14-7-2-1-3-8-14)23-11-10-13-6-4-5-9-15(13)18(16)23/h1-11H,22H2. The van der Waals surface area contributed by atoms with E-state index in [9.17, 15) is 10.1 Å². The van der Waals surface area contributed by atoms with E-state index >= 15 is 0 Å². The van der Waals surface area contributed by atoms with Crippen molar-refractivity contribution in [3.63, 3.8) is 0 Å². The molecule has 0 radical (unpaired) electrons. The van der Waals surface area contributed by atoms with Crippen molar-refractivity contribution >= 4 is 27.8 Å². The highest BCUT2D eigenvalue weighted by Crippen LogP contribution is 2.32. The molecule has 2 aromatic carbocycles. The van der Waals surface area contributed by atoms with Crippen LogP contribution in [0.25, 0.3) is 16.3 Å². The molecule has 114 valence electrons. The molecule has 0 amide bonds. The SMILES string of the molecule is N#Cc1c(N)c(C(=O)c2ccccc2)n2ccc3ccccc3c12. The highest BCUT2D eigenvalue weighted by atomic mass is 16.1. The molecule has 0 saturated carbocycles. The molecule has 0 spiro atoms. The molecule has 2 aromatic heterocycles. The third-order valence-corrected chi connectivity index (χ3v) is 4.23. The van der Waals surface area contributed by atoms with E-state index in [0.29, 0.717) is 22.3 Å². The Morgan fingerprint density at radius 2 is 1.71 bits per heavy atom. The maximum atomic E-state index is 12.9. The number of ketones is 1. The Labute approximate surface area is 138 Å². The van der Waals surface area contributed by atoms with Gasteiger partial charge in [-0.05, 0) is 11.5 Å². The van der Waals surface area contributed by atoms with Gasteiger partial charge in [-0.1, -0.05) is 54.6 Å². The van der Waals surface area contributed by atoms with Crippen molar-refractivity contribution in [3.8, 4) is 6.07 Å². The minimum Gasteiger partial charge on any atom is -0.396 e. The monoisotopic (exact) mass is 311 g/mol. The van der Waals surface area contributed by atoms with E-state index in [1.54, 1.807) is 34.9 Å². The minimum absolute atomic E-state index is 0.195. The molecule has 4 aromatic rings. The zero-order valence-electron chi connectivity index (χ0n) is 12.7. The number of pyridine rings is 1. The lowest BCUT2D eigenvalue weighted by molar-refractivity contribution is 0.103. The van der Waals surface area contributed by atoms with Crippen molar-refractivity contribution in [2.24, 2.45) is 0 Å². The second-order valence-corrected chi connectivity index (χ2v) is 5.57. The third kappa shape index (κ3) is 1.89. The fourth-order valence-corrected chi connectivity index (χ4v) is 3.11. The van der Waals surface area contributed by atoms with E-state index in [1.807, 2.05) is 36.4 Å². The van der Waals surface area contributed by atoms with Gasteiger partial charge >= 0.3 is 0 Å². The number of rotatable bonds is 2. The van der Waals surface area contributed by atoms with Gasteiger partial charge in [-0.3, -0.25) is 4.79 Å². The van der Waals surface area contributed by atoms with Crippen LogP contribution in [0.5, 0.6) is 0 Å². The lowest BCUT2D eigenvalue weighted by Crippen LogP contribution is -2.07. The molecule has 4 rings (SSSR count). The average Bonchev–Trinajstić information content (AvgIpc) is 2.93. The fraction of sp³-hybridized carbons (Fsp3) is 0. The zero-order valence-corrected chi connectivity index (χ0v) is 12.7. The van der Waals surface area contributed by atoms with E-state index in [4.69, 9.17) is 5.73 Å². The molecule has 0 atom stereocenters. The summed E-state index contributed by atoms with van der Waals surface area (Å²) in [5.74, 6) is -0.195. The quantitative estimate of drug-likeness (QED) is 0.573. The minimum atomic E-state index is -0.195. The molecule has 0 aliphatic rings. The predicted octanol–water partition coefficient (Wildman–Crippen LogP) is 3.78. The van der Waals surface area contributed by atoms with Crippen molar-refractivity contribution in [3.05, 3.63) is 83.7 Å². The molecule has 0 unspecified atom stereocenters. The number of carbonyl (C=O) groups excluding carboxylic acids is 1. The van der Waals surface area contributed by atoms with Crippen LogP contribution in [-0.2, 0) is 0 Å². The van der Waals surface area contributed by atoms with Crippen LogP contribution in [0, 0.1) is 11.3 Å². The van der Waals surface area contributed by atoms with Crippen LogP contribution < -0.4 is 5.73 Å². The van der Waals surface area contributed by atoms with Gasteiger partial charge in [-0.15, -0.1) is 0 Å². The van der Waals surface area contributed by atoms with Crippen LogP contribution in [0.3, 0.4) is 0 Å². The first kappa shape index (κ1) is 14.0. The highest BCUT2D eigenvalue weighted by molar-refractivity contribution is 6.15. The third-order valence-electron chi connectivity index (χ3n) is 4.23. The van der Waals surface area contributed by atoms with E-state index in [-0.39, 0.29) is 11.5 Å². The summed E-state index contributed by atoms with van der Waals surface area (Å²) in [4.78, 5) is 12.9. The van der Waals surface area contributed by atoms with Crippen LogP contribution in [0.15, 0.2) is 66.9 Å². The summed E-state index contributed by atoms with van der Waals surface area (Å²) in [5, 5.41) is 11.5. The number of anilines is 1. The molecular formula is C20H13N3O. The second-order valence-electron chi connectivity index (χ2n) is 5.57. The summed E-state index contributed by atoms with van der Waals surface area (Å²) >= 11 is 0. The Morgan fingerprint density at radius 3 is 2.46 bits per heavy atom. The largest absolute Gasteiger partial charge is 0.396 e. The number of hydrogen-bond acceptors (Lipinski definition) is 3. The summed E-state index contributed by atoms with van der Waals surface area (Å²) in [6.45, 7) is 0. The van der Waals surface area contributed by atoms with Gasteiger partial charge in [0, 0.05) is 17.1 Å². The molecule has 0 aliphatic heterocycles. The van der Waals surface area contributed by atoms with Gasteiger partial charge in [0.05, 0.1) is 11.2 Å². The number of benzene rings is 2. The highest BCUT2D eigenvalue weighted by Gasteiger charge is 2.23. The fourth-order valence-electron chi connectivity index (χ4n) is 3.11. The first-order chi connectivity index (χ1) is 11.7. The molecule has 2 heterocycles. The summed E-state index contributed by atoms with van der Waals surface area (Å²) < 4.78 is 1.73. The molecular weight excluding hydrogens is 298 g/mol. The lowest BCUT2D eigenvalue weighted by Gasteiger charge is -2.05. The van der Waals surface area contributed by atoms with Crippen LogP contribution in [-0.4, -0.2) is 10.2 Å². The molecule has 0 aliphatic carbocycles. The van der Waals surface area contributed by atoms with Gasteiger partial charge in [0.1, 0.15) is 17.3 Å². The van der Waals surface area contributed by atoms with Crippen molar-refractivity contribution in [1.29, 1.82) is 5.26 Å². The molecule has 24 heavy (non-hydrogen) atoms. The molecule has 4 heteroatoms. The molecule has 2 N–H and O–H groups in total. The van der Waals surface area contributed by atoms with Gasteiger partial charge in [0.2, 0.25) is 5.78 Å². The number of nitrogen functional groups attached to an aromatic ring is 1. The summed E-state index contributed by atoms with van der Waals surface area (Å²) in [6, 6.07) is 20.8. The van der Waals surface area contributed by atoms with Gasteiger partial charge < -0.3 is 10.1 Å². The molecule has 0 bridgehead atoms. The summed E-state index contributed by atoms with van der Waals surface area (Å²) in [5.41, 5.74) is 8.30. The van der Waals surface area contributed by atoms with E-state index in [2.05, 4.69) is 6.07 Å². The van der Waals surface area contributed by atoms with Crippen molar-refractivity contribution in [2.75, 3.05) is 5.73 Å². The van der Waals surface area contributed by atoms with Crippen molar-refractivity contribution < 1.29 is 4.79 Å². The molecule has 0 saturated heterocycles. The number of nitrogens with zero attached hydrogens (tertiary/aromatic N) is 2. The number of hydrogen-bond donors (Lipinski definition) is 1. The van der Waals surface area contributed by atoms with E-state index in [1.165, 1.54) is 0 Å². The number of fused-ring (bicyclic) bond motifs is 3. The van der Waals surface area contributed by atoms with Crippen LogP contribution in [0.4, 0.5) is 5.69 Å². The number of nitrogens with two attached hydrogens (primary N) is 1. The second kappa shape index (κ2) is 5.25. The topological polar surface area (TPSA) is 71.3 Å². The van der Waals surface area contributed by atoms with Gasteiger partial charge in [0.15, 0.2) is 0 Å². The lowest BCUT2D eigenvalue weighted by atomic mass is 10.1. The van der Waals surface area contributed by atoms with Crippen molar-refractivity contribution in [2.45, 2.75) is 0 Å². The van der Waals surface area contributed by atoms with E-state index in [0.717, 1.165) is 10.8 Å². The van der Waals surface area contributed by atoms with E-state index < -0.39 is 0 Å². The summed E-state index contributed by atoms with van der Waals surface area (Å²) in [6.07, 6.45) is 1.80. The molecule has 4 nitrogen and oxygen atoms in total. The van der Waals surface area contributed by atoms with Crippen LogP contribution in [0.2, 0.25) is 0 Å². The Kier molecular flexibility index (Phi) is 3.07. The Morgan fingerprint density at radius 1 is 1.00 bits per heavy atom. The number of carbonyl (C=O) groups is 1. The van der Waals surface area contributed by atoms with Crippen molar-refractivity contribution in [1.82, 2.24) is 4.40 Å². The van der Waals surface area contributed by atoms with Gasteiger partial charge in [0.25, 0.3) is 0 Å². The summed E-state index contributed by atoms with van der Waals surface area (Å²) in [7, 11) is 0. The van der Waals surface area contributed by atoms with Crippen LogP contribution in [0.1, 0.15) is 21.6 Å². The first-order valence-electron chi connectivity index (χ1n) is 7.53. The Balaban J connectivity index is 2.11. The Hall–Kier alpha value is -3.58. The zero-order chi connectivity index (χ0) is 16.7. The molecule has 0 fully saturated rings. The maximum absolute atomic E-state index is 12.9. The average molecular weight is 311 g/mol. The van der Waals surface area contributed by atoms with Crippen LogP contribution >= 0.6 is 0 Å². The first-order valence-corrected chi connectivity index (χ1v) is 7.53. The Bertz CT molecular complexity index is 1130. The normalized spacial score (nSPS) is 10.8. The maximum Gasteiger partial charge on any atom is 0.211 e. The van der Waals surface area contributed by atoms with Gasteiger partial charge in [-0.2, -0.15) is 5.26 Å². The van der Waals surface area contributed by atoms with Gasteiger partial charge in [-0.25, -0.2) is 0 Å². The number of nitriles is 1.